The molecule has 0 atom stereocenters. The van der Waals surface area contributed by atoms with Crippen LogP contribution in [-0.4, -0.2) is 18.6 Å². The summed E-state index contributed by atoms with van der Waals surface area (Å²) in [5, 5.41) is 6.43. The molecular weight excluding hydrogens is 144 g/mol. The topological polar surface area (TPSA) is 62.5 Å². The second kappa shape index (κ2) is 5.38. The molecule has 0 aliphatic heterocycles. The first kappa shape index (κ1) is 9.59. The van der Waals surface area contributed by atoms with E-state index in [1.807, 2.05) is 0 Å². The van der Waals surface area contributed by atoms with Crippen molar-refractivity contribution >= 4 is 12.0 Å². The summed E-state index contributed by atoms with van der Waals surface area (Å²) in [5.74, 6) is -0.411. The number of hydrogen-bond acceptors (Lipinski definition) is 4. The van der Waals surface area contributed by atoms with Gasteiger partial charge in [-0.05, 0) is 13.8 Å². The first-order chi connectivity index (χ1) is 5.22. The molecule has 0 bridgehead atoms. The molecule has 0 unspecified atom stereocenters. The maximum atomic E-state index is 10.8. The third-order valence-corrected chi connectivity index (χ3v) is 0.920. The Morgan fingerprint density at radius 1 is 1.82 bits per heavy atom. The van der Waals surface area contributed by atoms with Crippen molar-refractivity contribution in [2.75, 3.05) is 6.61 Å². The molecule has 0 rings (SSSR count). The van der Waals surface area contributed by atoms with E-state index in [4.69, 9.17) is 5.41 Å². The average molecular weight is 154 g/mol. The van der Waals surface area contributed by atoms with Gasteiger partial charge in [-0.3, -0.25) is 0 Å². The van der Waals surface area contributed by atoms with Gasteiger partial charge in [-0.2, -0.15) is 4.99 Å². The molecule has 4 heteroatoms. The number of hydrogen-bond donors (Lipinski definition) is 1. The SMILES string of the molecule is CCOC(=O)C(C)=CN=C=N. The monoisotopic (exact) mass is 154 g/mol. The van der Waals surface area contributed by atoms with Gasteiger partial charge in [0.25, 0.3) is 0 Å². The molecule has 0 aliphatic carbocycles. The van der Waals surface area contributed by atoms with E-state index in [9.17, 15) is 4.79 Å². The van der Waals surface area contributed by atoms with E-state index >= 15 is 0 Å². The summed E-state index contributed by atoms with van der Waals surface area (Å²) in [5.41, 5.74) is 0.367. The molecule has 0 heterocycles. The van der Waals surface area contributed by atoms with Gasteiger partial charge in [-0.25, -0.2) is 10.2 Å². The Bertz CT molecular complexity index is 214. The summed E-state index contributed by atoms with van der Waals surface area (Å²) in [7, 11) is 0. The Balaban J connectivity index is 4.11. The lowest BCUT2D eigenvalue weighted by molar-refractivity contribution is -0.138. The maximum Gasteiger partial charge on any atom is 0.335 e. The standard InChI is InChI=1S/C7H10N2O2/c1-3-11-7(10)6(2)4-9-5-8/h4,8H,3H2,1-2H3. The van der Waals surface area contributed by atoms with Gasteiger partial charge in [-0.1, -0.05) is 0 Å². The van der Waals surface area contributed by atoms with Gasteiger partial charge in [-0.15, -0.1) is 0 Å². The maximum absolute atomic E-state index is 10.8. The summed E-state index contributed by atoms with van der Waals surface area (Å²) in [6, 6.07) is 1.79. The third kappa shape index (κ3) is 4.06. The summed E-state index contributed by atoms with van der Waals surface area (Å²) < 4.78 is 4.64. The molecule has 0 spiro atoms. The molecular formula is C7H10N2O2. The molecule has 0 aliphatic rings. The van der Waals surface area contributed by atoms with Crippen LogP contribution in [0.15, 0.2) is 16.8 Å². The highest BCUT2D eigenvalue weighted by Gasteiger charge is 2.02. The van der Waals surface area contributed by atoms with Crippen LogP contribution in [0.1, 0.15) is 13.8 Å². The van der Waals surface area contributed by atoms with Gasteiger partial charge in [0.1, 0.15) is 0 Å². The smallest absolute Gasteiger partial charge is 0.335 e. The van der Waals surface area contributed by atoms with E-state index in [0.29, 0.717) is 12.2 Å². The van der Waals surface area contributed by atoms with Gasteiger partial charge in [0.2, 0.25) is 0 Å². The fraction of sp³-hybridized carbons (Fsp3) is 0.429. The van der Waals surface area contributed by atoms with E-state index in [1.165, 1.54) is 6.20 Å². The number of nitrogens with zero attached hydrogens (tertiary/aromatic N) is 1. The highest BCUT2D eigenvalue weighted by atomic mass is 16.5. The van der Waals surface area contributed by atoms with Crippen molar-refractivity contribution < 1.29 is 9.53 Å². The zero-order valence-electron chi connectivity index (χ0n) is 6.55. The largest absolute Gasteiger partial charge is 0.463 e. The predicted octanol–water partition coefficient (Wildman–Crippen LogP) is 1.21. The highest BCUT2D eigenvalue weighted by molar-refractivity contribution is 5.87. The molecule has 0 aromatic carbocycles. The Hall–Kier alpha value is -1.41. The van der Waals surface area contributed by atoms with Crippen LogP contribution in [0, 0.1) is 5.41 Å². The zero-order valence-corrected chi connectivity index (χ0v) is 6.55. The van der Waals surface area contributed by atoms with Crippen molar-refractivity contribution in [1.29, 1.82) is 5.41 Å². The number of carbonyl (C=O) groups excluding carboxylic acids is 1. The Morgan fingerprint density at radius 3 is 2.91 bits per heavy atom. The molecule has 1 N–H and O–H groups in total. The quantitative estimate of drug-likeness (QED) is 0.377. The zero-order chi connectivity index (χ0) is 8.69. The van der Waals surface area contributed by atoms with Crippen molar-refractivity contribution in [1.82, 2.24) is 0 Å². The summed E-state index contributed by atoms with van der Waals surface area (Å²) in [4.78, 5) is 14.1. The molecule has 0 aromatic heterocycles. The average Bonchev–Trinajstić information content (AvgIpc) is 2.00. The number of esters is 1. The van der Waals surface area contributed by atoms with E-state index < -0.39 is 5.97 Å². The lowest BCUT2D eigenvalue weighted by Gasteiger charge is -1.98. The first-order valence-electron chi connectivity index (χ1n) is 3.17. The minimum Gasteiger partial charge on any atom is -0.463 e. The molecule has 4 nitrogen and oxygen atoms in total. The second-order valence-electron chi connectivity index (χ2n) is 1.77. The molecule has 0 saturated carbocycles. The molecule has 60 valence electrons. The van der Waals surface area contributed by atoms with E-state index in [1.54, 1.807) is 19.9 Å². The fourth-order valence-corrected chi connectivity index (χ4v) is 0.427. The summed E-state index contributed by atoms with van der Waals surface area (Å²) in [6.45, 7) is 3.64. The van der Waals surface area contributed by atoms with E-state index in [2.05, 4.69) is 9.73 Å². The van der Waals surface area contributed by atoms with Gasteiger partial charge >= 0.3 is 5.97 Å². The van der Waals surface area contributed by atoms with Crippen LogP contribution in [0.25, 0.3) is 0 Å². The van der Waals surface area contributed by atoms with Crippen molar-refractivity contribution in [2.45, 2.75) is 13.8 Å². The van der Waals surface area contributed by atoms with Crippen LogP contribution in [0.4, 0.5) is 0 Å². The van der Waals surface area contributed by atoms with Gasteiger partial charge < -0.3 is 4.74 Å². The van der Waals surface area contributed by atoms with Crippen LogP contribution >= 0.6 is 0 Å². The van der Waals surface area contributed by atoms with Gasteiger partial charge in [0.05, 0.1) is 18.2 Å². The number of nitrogens with one attached hydrogen (secondary N) is 1. The molecule has 0 saturated heterocycles. The Kier molecular flexibility index (Phi) is 4.69. The van der Waals surface area contributed by atoms with E-state index in [0.717, 1.165) is 0 Å². The van der Waals surface area contributed by atoms with E-state index in [-0.39, 0.29) is 0 Å². The number of aliphatic imine (C=N–C) groups is 1. The molecule has 0 fully saturated rings. The van der Waals surface area contributed by atoms with Crippen molar-refractivity contribution in [3.05, 3.63) is 11.8 Å². The molecule has 11 heavy (non-hydrogen) atoms. The molecule has 0 aromatic rings. The van der Waals surface area contributed by atoms with Crippen LogP contribution in [0.2, 0.25) is 0 Å². The van der Waals surface area contributed by atoms with Crippen LogP contribution in [-0.2, 0) is 9.53 Å². The fourth-order valence-electron chi connectivity index (χ4n) is 0.427. The normalized spacial score (nSPS) is 10.2. The van der Waals surface area contributed by atoms with Crippen molar-refractivity contribution in [3.63, 3.8) is 0 Å². The minimum absolute atomic E-state index is 0.346. The third-order valence-electron chi connectivity index (χ3n) is 0.920. The van der Waals surface area contributed by atoms with Crippen LogP contribution < -0.4 is 0 Å². The van der Waals surface area contributed by atoms with Crippen LogP contribution in [0.5, 0.6) is 0 Å². The second-order valence-corrected chi connectivity index (χ2v) is 1.77. The van der Waals surface area contributed by atoms with Crippen molar-refractivity contribution in [3.8, 4) is 0 Å². The van der Waals surface area contributed by atoms with Gasteiger partial charge in [0, 0.05) is 6.20 Å². The Morgan fingerprint density at radius 2 is 2.45 bits per heavy atom. The van der Waals surface area contributed by atoms with Gasteiger partial charge in [0.15, 0.2) is 0 Å². The number of carbonyl (C=O) groups is 1. The lowest BCUT2D eigenvalue weighted by atomic mass is 10.3. The molecule has 0 radical (unpaired) electrons. The number of ether oxygens (including phenoxy) is 1. The predicted molar refractivity (Wildman–Crippen MR) is 40.5 cm³/mol. The highest BCUT2D eigenvalue weighted by Crippen LogP contribution is 1.95. The molecule has 0 amide bonds. The number of rotatable bonds is 3. The lowest BCUT2D eigenvalue weighted by Crippen LogP contribution is -2.04. The van der Waals surface area contributed by atoms with Crippen LogP contribution in [0.3, 0.4) is 0 Å². The minimum atomic E-state index is -0.411. The summed E-state index contributed by atoms with van der Waals surface area (Å²) >= 11 is 0. The van der Waals surface area contributed by atoms with Crippen molar-refractivity contribution in [2.24, 2.45) is 4.99 Å². The summed E-state index contributed by atoms with van der Waals surface area (Å²) in [6.07, 6.45) is 1.24. The Labute approximate surface area is 65.1 Å². The first-order valence-corrected chi connectivity index (χ1v) is 3.17.